The van der Waals surface area contributed by atoms with Gasteiger partial charge < -0.3 is 4.90 Å². The average molecular weight is 396 g/mol. The average Bonchev–Trinajstić information content (AvgIpc) is 3.24. The zero-order chi connectivity index (χ0) is 20.2. The summed E-state index contributed by atoms with van der Waals surface area (Å²) < 4.78 is 26.9. The van der Waals surface area contributed by atoms with Crippen molar-refractivity contribution in [2.75, 3.05) is 26.2 Å². The number of hydrogen-bond acceptors (Lipinski definition) is 2. The minimum atomic E-state index is -0.275. The molecule has 4 rings (SSSR count). The molecule has 2 aromatic carbocycles. The Morgan fingerprint density at radius 2 is 1.45 bits per heavy atom. The molecule has 1 amide bonds. The predicted molar refractivity (Wildman–Crippen MR) is 109 cm³/mol. The van der Waals surface area contributed by atoms with E-state index in [4.69, 9.17) is 0 Å². The Kier molecular flexibility index (Phi) is 6.05. The maximum atomic E-state index is 13.4. The van der Waals surface area contributed by atoms with Gasteiger partial charge in [0.05, 0.1) is 6.04 Å². The van der Waals surface area contributed by atoms with Crippen molar-refractivity contribution in [1.82, 2.24) is 9.80 Å². The molecule has 0 bridgehead atoms. The highest BCUT2D eigenvalue weighted by Gasteiger charge is 2.29. The van der Waals surface area contributed by atoms with E-state index in [1.54, 1.807) is 24.3 Å². The summed E-state index contributed by atoms with van der Waals surface area (Å²) in [5.74, 6) is 0.0546. The predicted octanol–water partition coefficient (Wildman–Crippen LogP) is 4.55. The van der Waals surface area contributed by atoms with Crippen molar-refractivity contribution in [2.24, 2.45) is 5.92 Å². The SMILES string of the molecule is O=C(CC1C=CCC1)N1CCN(C(c2ccc(F)cc2)c2ccc(F)cc2)CC1. The number of carbonyl (C=O) groups is 1. The van der Waals surface area contributed by atoms with Gasteiger partial charge in [-0.1, -0.05) is 36.4 Å². The molecule has 1 aliphatic heterocycles. The minimum absolute atomic E-state index is 0.0915. The summed E-state index contributed by atoms with van der Waals surface area (Å²) in [6.07, 6.45) is 7.06. The Morgan fingerprint density at radius 1 is 0.897 bits per heavy atom. The summed E-state index contributed by atoms with van der Waals surface area (Å²) in [7, 11) is 0. The molecule has 0 radical (unpaired) electrons. The van der Waals surface area contributed by atoms with E-state index in [1.807, 2.05) is 4.90 Å². The van der Waals surface area contributed by atoms with E-state index < -0.39 is 0 Å². The number of piperazine rings is 1. The molecule has 5 heteroatoms. The van der Waals surface area contributed by atoms with Crippen LogP contribution < -0.4 is 0 Å². The highest BCUT2D eigenvalue weighted by atomic mass is 19.1. The summed E-state index contributed by atoms with van der Waals surface area (Å²) in [5, 5.41) is 0. The quantitative estimate of drug-likeness (QED) is 0.692. The number of halogens is 2. The standard InChI is InChI=1S/C24H26F2N2O/c25-21-9-5-19(6-10-21)24(20-7-11-22(26)12-8-20)28-15-13-27(14-16-28)23(29)17-18-3-1-2-4-18/h1,3,5-12,18,24H,2,4,13-17H2. The molecular weight excluding hydrogens is 370 g/mol. The number of benzene rings is 2. The minimum Gasteiger partial charge on any atom is -0.340 e. The Balaban J connectivity index is 1.47. The monoisotopic (exact) mass is 396 g/mol. The van der Waals surface area contributed by atoms with Crippen LogP contribution in [0.4, 0.5) is 8.78 Å². The molecule has 1 unspecified atom stereocenters. The molecule has 1 atom stereocenters. The molecule has 2 aromatic rings. The number of hydrogen-bond donors (Lipinski definition) is 0. The first-order chi connectivity index (χ1) is 14.1. The summed E-state index contributed by atoms with van der Waals surface area (Å²) in [6.45, 7) is 2.81. The first-order valence-corrected chi connectivity index (χ1v) is 10.3. The fourth-order valence-corrected chi connectivity index (χ4v) is 4.35. The molecule has 29 heavy (non-hydrogen) atoms. The van der Waals surface area contributed by atoms with Crippen molar-refractivity contribution < 1.29 is 13.6 Å². The third-order valence-corrected chi connectivity index (χ3v) is 5.95. The molecule has 1 aliphatic carbocycles. The van der Waals surface area contributed by atoms with E-state index in [0.29, 0.717) is 25.4 Å². The van der Waals surface area contributed by atoms with E-state index in [0.717, 1.165) is 37.1 Å². The molecule has 1 fully saturated rings. The zero-order valence-corrected chi connectivity index (χ0v) is 16.4. The van der Waals surface area contributed by atoms with Crippen LogP contribution in [-0.2, 0) is 4.79 Å². The third kappa shape index (κ3) is 4.73. The van der Waals surface area contributed by atoms with Gasteiger partial charge in [0.1, 0.15) is 11.6 Å². The van der Waals surface area contributed by atoms with E-state index in [2.05, 4.69) is 17.1 Å². The van der Waals surface area contributed by atoms with Crippen LogP contribution in [0.5, 0.6) is 0 Å². The molecule has 0 saturated carbocycles. The van der Waals surface area contributed by atoms with Crippen LogP contribution in [0, 0.1) is 17.6 Å². The van der Waals surface area contributed by atoms with Crippen LogP contribution in [0.15, 0.2) is 60.7 Å². The lowest BCUT2D eigenvalue weighted by molar-refractivity contribution is -0.133. The highest BCUT2D eigenvalue weighted by molar-refractivity contribution is 5.76. The summed E-state index contributed by atoms with van der Waals surface area (Å²) in [6, 6.07) is 12.9. The Morgan fingerprint density at radius 3 is 1.93 bits per heavy atom. The van der Waals surface area contributed by atoms with E-state index in [-0.39, 0.29) is 23.6 Å². The van der Waals surface area contributed by atoms with Gasteiger partial charge in [-0.05, 0) is 54.2 Å². The molecule has 1 heterocycles. The second-order valence-corrected chi connectivity index (χ2v) is 7.89. The molecule has 1 saturated heterocycles. The van der Waals surface area contributed by atoms with Gasteiger partial charge in [0.2, 0.25) is 5.91 Å². The van der Waals surface area contributed by atoms with Crippen molar-refractivity contribution in [3.8, 4) is 0 Å². The number of rotatable bonds is 5. The van der Waals surface area contributed by atoms with Gasteiger partial charge in [0.25, 0.3) is 0 Å². The largest absolute Gasteiger partial charge is 0.340 e. The lowest BCUT2D eigenvalue weighted by Gasteiger charge is -2.40. The van der Waals surface area contributed by atoms with E-state index in [1.165, 1.54) is 24.3 Å². The van der Waals surface area contributed by atoms with Gasteiger partial charge in [-0.2, -0.15) is 0 Å². The fourth-order valence-electron chi connectivity index (χ4n) is 4.35. The topological polar surface area (TPSA) is 23.6 Å². The van der Waals surface area contributed by atoms with Crippen LogP contribution in [0.2, 0.25) is 0 Å². The maximum Gasteiger partial charge on any atom is 0.223 e. The van der Waals surface area contributed by atoms with Crippen LogP contribution in [0.1, 0.15) is 36.4 Å². The van der Waals surface area contributed by atoms with Crippen molar-refractivity contribution in [3.63, 3.8) is 0 Å². The van der Waals surface area contributed by atoms with Gasteiger partial charge in [0, 0.05) is 32.6 Å². The van der Waals surface area contributed by atoms with E-state index >= 15 is 0 Å². The number of carbonyl (C=O) groups excluding carboxylic acids is 1. The third-order valence-electron chi connectivity index (χ3n) is 5.95. The van der Waals surface area contributed by atoms with Crippen molar-refractivity contribution >= 4 is 5.91 Å². The summed E-state index contributed by atoms with van der Waals surface area (Å²) in [4.78, 5) is 16.9. The van der Waals surface area contributed by atoms with Crippen molar-refractivity contribution in [3.05, 3.63) is 83.4 Å². The normalized spacial score (nSPS) is 19.8. The number of amides is 1. The zero-order valence-electron chi connectivity index (χ0n) is 16.4. The second kappa shape index (κ2) is 8.87. The maximum absolute atomic E-state index is 13.4. The van der Waals surface area contributed by atoms with Crippen LogP contribution in [-0.4, -0.2) is 41.9 Å². The molecule has 2 aliphatic rings. The Labute approximate surface area is 170 Å². The van der Waals surface area contributed by atoms with Gasteiger partial charge in [0.15, 0.2) is 0 Å². The fraction of sp³-hybridized carbons (Fsp3) is 0.375. The molecule has 0 aromatic heterocycles. The Hall–Kier alpha value is -2.53. The number of nitrogens with zero attached hydrogens (tertiary/aromatic N) is 2. The summed E-state index contributed by atoms with van der Waals surface area (Å²) in [5.41, 5.74) is 1.93. The van der Waals surface area contributed by atoms with Crippen LogP contribution >= 0.6 is 0 Å². The molecular formula is C24H26F2N2O. The molecule has 0 N–H and O–H groups in total. The molecule has 0 spiro atoms. The summed E-state index contributed by atoms with van der Waals surface area (Å²) >= 11 is 0. The smallest absolute Gasteiger partial charge is 0.223 e. The van der Waals surface area contributed by atoms with Gasteiger partial charge in [-0.3, -0.25) is 9.69 Å². The van der Waals surface area contributed by atoms with Gasteiger partial charge in [-0.25, -0.2) is 8.78 Å². The first kappa shape index (κ1) is 19.8. The van der Waals surface area contributed by atoms with Gasteiger partial charge in [-0.15, -0.1) is 0 Å². The molecule has 152 valence electrons. The van der Waals surface area contributed by atoms with Crippen LogP contribution in [0.3, 0.4) is 0 Å². The second-order valence-electron chi connectivity index (χ2n) is 7.89. The Bertz CT molecular complexity index is 810. The number of allylic oxidation sites excluding steroid dienone is 2. The first-order valence-electron chi connectivity index (χ1n) is 10.3. The highest BCUT2D eigenvalue weighted by Crippen LogP contribution is 2.30. The van der Waals surface area contributed by atoms with Gasteiger partial charge >= 0.3 is 0 Å². The van der Waals surface area contributed by atoms with Crippen molar-refractivity contribution in [1.29, 1.82) is 0 Å². The lowest BCUT2D eigenvalue weighted by atomic mass is 9.96. The molecule has 3 nitrogen and oxygen atoms in total. The van der Waals surface area contributed by atoms with Crippen molar-refractivity contribution in [2.45, 2.75) is 25.3 Å². The van der Waals surface area contributed by atoms with Crippen LogP contribution in [0.25, 0.3) is 0 Å². The van der Waals surface area contributed by atoms with E-state index in [9.17, 15) is 13.6 Å². The lowest BCUT2D eigenvalue weighted by Crippen LogP contribution is -2.50.